The van der Waals surface area contributed by atoms with Gasteiger partial charge in [0.1, 0.15) is 17.5 Å². The third-order valence-corrected chi connectivity index (χ3v) is 9.21. The smallest absolute Gasteiger partial charge is 0.243 e. The fourth-order valence-corrected chi connectivity index (χ4v) is 6.42. The van der Waals surface area contributed by atoms with Crippen molar-refractivity contribution >= 4 is 17.7 Å². The van der Waals surface area contributed by atoms with Gasteiger partial charge in [-0.2, -0.15) is 0 Å². The quantitative estimate of drug-likeness (QED) is 0.189. The number of aromatic nitrogens is 3. The number of carbonyl (C=O) groups excluding carboxylic acids is 3. The van der Waals surface area contributed by atoms with Gasteiger partial charge in [0.05, 0.1) is 39.4 Å². The second-order valence-corrected chi connectivity index (χ2v) is 13.1. The van der Waals surface area contributed by atoms with Gasteiger partial charge in [-0.25, -0.2) is 4.68 Å². The van der Waals surface area contributed by atoms with Crippen LogP contribution in [0.3, 0.4) is 0 Å². The molecule has 274 valence electrons. The van der Waals surface area contributed by atoms with Crippen molar-refractivity contribution in [2.24, 2.45) is 0 Å². The predicted octanol–water partition coefficient (Wildman–Crippen LogP) is 3.77. The van der Waals surface area contributed by atoms with Gasteiger partial charge in [-0.05, 0) is 52.1 Å². The Balaban J connectivity index is 1.22. The lowest BCUT2D eigenvalue weighted by atomic mass is 10.0. The average molecular weight is 716 g/mol. The van der Waals surface area contributed by atoms with Gasteiger partial charge in [-0.3, -0.25) is 19.3 Å². The molecule has 2 N–H and O–H groups in total. The first-order valence-corrected chi connectivity index (χ1v) is 17.7. The van der Waals surface area contributed by atoms with E-state index in [0.29, 0.717) is 31.9 Å². The number of nitrogens with one attached hydrogen (secondary N) is 2. The number of hydrogen-bond donors (Lipinski definition) is 2. The third-order valence-electron chi connectivity index (χ3n) is 9.21. The Morgan fingerprint density at radius 3 is 2.11 bits per heavy atom. The lowest BCUT2D eigenvalue weighted by Crippen LogP contribution is -2.52. The zero-order valence-electron chi connectivity index (χ0n) is 30.1. The Labute approximate surface area is 309 Å². The first kappa shape index (κ1) is 36.8. The van der Waals surface area contributed by atoms with Crippen LogP contribution in [0.15, 0.2) is 109 Å². The van der Waals surface area contributed by atoms with E-state index in [2.05, 4.69) is 25.8 Å². The highest BCUT2D eigenvalue weighted by Crippen LogP contribution is 2.19. The van der Waals surface area contributed by atoms with Crippen LogP contribution < -0.4 is 20.1 Å². The zero-order valence-corrected chi connectivity index (χ0v) is 30.1. The van der Waals surface area contributed by atoms with Crippen LogP contribution in [0.4, 0.5) is 0 Å². The average Bonchev–Trinajstić information content (AvgIpc) is 3.62. The van der Waals surface area contributed by atoms with Crippen molar-refractivity contribution in [3.63, 3.8) is 0 Å². The van der Waals surface area contributed by atoms with Crippen molar-refractivity contribution in [1.29, 1.82) is 0 Å². The monoisotopic (exact) mass is 715 g/mol. The molecule has 0 radical (unpaired) electrons. The Morgan fingerprint density at radius 1 is 0.792 bits per heavy atom. The molecule has 4 aromatic carbocycles. The molecule has 0 saturated heterocycles. The van der Waals surface area contributed by atoms with Crippen molar-refractivity contribution in [3.8, 4) is 11.5 Å². The molecule has 0 saturated carbocycles. The van der Waals surface area contributed by atoms with Crippen LogP contribution in [0.1, 0.15) is 33.5 Å². The number of ether oxygens (including phenoxy) is 2. The van der Waals surface area contributed by atoms with Gasteiger partial charge in [-0.1, -0.05) is 84.1 Å². The molecule has 1 aliphatic rings. The lowest BCUT2D eigenvalue weighted by molar-refractivity contribution is -0.137. The fourth-order valence-electron chi connectivity index (χ4n) is 6.42. The van der Waals surface area contributed by atoms with Gasteiger partial charge in [0, 0.05) is 45.3 Å². The van der Waals surface area contributed by atoms with E-state index < -0.39 is 11.9 Å². The molecule has 0 fully saturated rings. The summed E-state index contributed by atoms with van der Waals surface area (Å²) >= 11 is 0. The normalized spacial score (nSPS) is 15.2. The summed E-state index contributed by atoms with van der Waals surface area (Å²) in [6.07, 6.45) is 2.02. The van der Waals surface area contributed by atoms with Crippen LogP contribution >= 0.6 is 0 Å². The Morgan fingerprint density at radius 2 is 1.43 bits per heavy atom. The highest BCUT2D eigenvalue weighted by Gasteiger charge is 2.27. The highest BCUT2D eigenvalue weighted by atomic mass is 16.5. The molecule has 0 unspecified atom stereocenters. The van der Waals surface area contributed by atoms with Crippen molar-refractivity contribution < 1.29 is 23.9 Å². The minimum absolute atomic E-state index is 0.0963. The number of hydrogen-bond acceptors (Lipinski definition) is 8. The molecule has 53 heavy (non-hydrogen) atoms. The molecule has 12 nitrogen and oxygen atoms in total. The number of benzene rings is 4. The van der Waals surface area contributed by atoms with Gasteiger partial charge in [0.15, 0.2) is 0 Å². The maximum Gasteiger partial charge on any atom is 0.243 e. The Kier molecular flexibility index (Phi) is 12.5. The van der Waals surface area contributed by atoms with E-state index in [1.807, 2.05) is 103 Å². The number of methoxy groups -OCH3 is 2. The number of nitrogens with zero attached hydrogens (tertiary/aromatic N) is 5. The van der Waals surface area contributed by atoms with Crippen LogP contribution in [0.2, 0.25) is 0 Å². The molecule has 1 aromatic heterocycles. The number of rotatable bonds is 13. The number of amides is 3. The maximum absolute atomic E-state index is 14.0. The molecule has 1 atom stereocenters. The topological polar surface area (TPSA) is 131 Å². The van der Waals surface area contributed by atoms with E-state index in [0.717, 1.165) is 39.3 Å². The van der Waals surface area contributed by atoms with Gasteiger partial charge in [0.2, 0.25) is 17.7 Å². The summed E-state index contributed by atoms with van der Waals surface area (Å²) in [5.41, 5.74) is 5.37. The van der Waals surface area contributed by atoms with Crippen LogP contribution in [0, 0.1) is 0 Å². The largest absolute Gasteiger partial charge is 0.497 e. The molecule has 5 aromatic rings. The van der Waals surface area contributed by atoms with Crippen LogP contribution in [0.25, 0.3) is 0 Å². The minimum Gasteiger partial charge on any atom is -0.497 e. The summed E-state index contributed by atoms with van der Waals surface area (Å²) in [7, 11) is 3.28. The molecular weight excluding hydrogens is 670 g/mol. The predicted molar refractivity (Wildman–Crippen MR) is 200 cm³/mol. The molecule has 2 heterocycles. The lowest BCUT2D eigenvalue weighted by Gasteiger charge is -2.29. The summed E-state index contributed by atoms with van der Waals surface area (Å²) < 4.78 is 12.6. The first-order chi connectivity index (χ1) is 25.8. The summed E-state index contributed by atoms with van der Waals surface area (Å²) in [4.78, 5) is 45.1. The Bertz CT molecular complexity index is 1950. The summed E-state index contributed by atoms with van der Waals surface area (Å²) in [5, 5.41) is 14.4. The van der Waals surface area contributed by atoms with Gasteiger partial charge in [0.25, 0.3) is 0 Å². The van der Waals surface area contributed by atoms with E-state index in [4.69, 9.17) is 9.47 Å². The second-order valence-electron chi connectivity index (χ2n) is 13.1. The maximum atomic E-state index is 14.0. The van der Waals surface area contributed by atoms with E-state index in [9.17, 15) is 14.4 Å². The highest BCUT2D eigenvalue weighted by molar-refractivity contribution is 5.91. The van der Waals surface area contributed by atoms with E-state index in [-0.39, 0.29) is 44.3 Å². The van der Waals surface area contributed by atoms with Crippen molar-refractivity contribution in [2.45, 2.75) is 45.1 Å². The van der Waals surface area contributed by atoms with Gasteiger partial charge >= 0.3 is 0 Å². The second kappa shape index (κ2) is 18.0. The molecule has 3 amide bonds. The van der Waals surface area contributed by atoms with Crippen molar-refractivity contribution in [2.75, 3.05) is 33.9 Å². The molecule has 0 spiro atoms. The summed E-state index contributed by atoms with van der Waals surface area (Å²) in [5.74, 6) is 0.565. The van der Waals surface area contributed by atoms with Gasteiger partial charge < -0.3 is 25.0 Å². The SMILES string of the molecule is COc1cccc(CN(CCN2CC(=O)N[C@H](Cc3cn(Cc4ccccc4)nn3)C(=O)NCc3ccccc3CC2=O)Cc2cccc(OC)c2)c1. The van der Waals surface area contributed by atoms with Crippen molar-refractivity contribution in [3.05, 3.63) is 143 Å². The Hall–Kier alpha value is -6.01. The first-order valence-electron chi connectivity index (χ1n) is 17.7. The van der Waals surface area contributed by atoms with Crippen LogP contribution in [0.5, 0.6) is 11.5 Å². The molecule has 0 aliphatic carbocycles. The number of fused-ring (bicyclic) bond motifs is 1. The van der Waals surface area contributed by atoms with Gasteiger partial charge in [-0.15, -0.1) is 5.10 Å². The summed E-state index contributed by atoms with van der Waals surface area (Å²) in [6, 6.07) is 32.3. The third kappa shape index (κ3) is 10.5. The minimum atomic E-state index is -0.925. The standard InChI is InChI=1S/C41H45N7O5/c1-52-36-16-8-12-31(20-36)25-46(26-32-13-9-17-37(21-32)53-2)18-19-47-29-39(49)43-38(23-35-28-48(45-44-35)27-30-10-4-3-5-11-30)41(51)42-24-34-15-7-6-14-33(34)22-40(47)50/h3-17,20-21,28,38H,18-19,22-27,29H2,1-2H3,(H,42,51)(H,43,49)/t38-/m1/s1. The molecule has 6 rings (SSSR count). The molecule has 0 bridgehead atoms. The molecular formula is C41H45N7O5. The van der Waals surface area contributed by atoms with Crippen molar-refractivity contribution in [1.82, 2.24) is 35.4 Å². The molecule has 12 heteroatoms. The zero-order chi connectivity index (χ0) is 37.0. The fraction of sp³-hybridized carbons (Fsp3) is 0.293. The molecule has 1 aliphatic heterocycles. The van der Waals surface area contributed by atoms with E-state index in [1.54, 1.807) is 30.0 Å². The van der Waals surface area contributed by atoms with Crippen LogP contribution in [-0.2, 0) is 53.4 Å². The van der Waals surface area contributed by atoms with E-state index in [1.165, 1.54) is 0 Å². The van der Waals surface area contributed by atoms with E-state index >= 15 is 0 Å². The van der Waals surface area contributed by atoms with Crippen LogP contribution in [-0.4, -0.2) is 82.4 Å². The number of carbonyl (C=O) groups is 3. The summed E-state index contributed by atoms with van der Waals surface area (Å²) in [6.45, 7) is 2.45.